The van der Waals surface area contributed by atoms with E-state index >= 15 is 0 Å². The lowest BCUT2D eigenvalue weighted by atomic mass is 10.0. The van der Waals surface area contributed by atoms with Gasteiger partial charge >= 0.3 is 33.6 Å². The molecule has 0 aliphatic heterocycles. The van der Waals surface area contributed by atoms with Gasteiger partial charge in [0.15, 0.2) is 6.10 Å². The minimum absolute atomic E-state index is 0.0873. The zero-order valence-corrected chi connectivity index (χ0v) is 72.4. The van der Waals surface area contributed by atoms with Crippen LogP contribution in [0.3, 0.4) is 0 Å². The molecule has 18 heteroatoms. The molecule has 16 nitrogen and oxygen atoms in total. The molecule has 4 N–H and O–H groups in total. The zero-order chi connectivity index (χ0) is 80.8. The fraction of sp³-hybridized carbons (Fsp3) is 0.753. The number of esters is 3. The van der Waals surface area contributed by atoms with E-state index in [1.165, 1.54) is 193 Å². The average Bonchev–Trinajstić information content (AvgIpc) is 0.905. The van der Waals surface area contributed by atoms with E-state index in [-0.39, 0.29) is 19.3 Å². The van der Waals surface area contributed by atoms with E-state index in [2.05, 4.69) is 142 Å². The summed E-state index contributed by atoms with van der Waals surface area (Å²) in [6.07, 6.45) is 104. The number of hydrogen-bond acceptors (Lipinski definition) is 14. The number of carbonyl (C=O) groups is 3. The van der Waals surface area contributed by atoms with Gasteiger partial charge in [-0.15, -0.1) is 0 Å². The number of hydrogen-bond donors (Lipinski definition) is 4. The van der Waals surface area contributed by atoms with Crippen LogP contribution in [0.2, 0.25) is 0 Å². The third-order valence-corrected chi connectivity index (χ3v) is 21.0. The predicted molar refractivity (Wildman–Crippen MR) is 463 cm³/mol. The number of phosphoric acid groups is 2. The van der Waals surface area contributed by atoms with Crippen LogP contribution in [0.5, 0.6) is 0 Å². The quantitative estimate of drug-likeness (QED) is 0.0146. The molecule has 0 aliphatic carbocycles. The molecule has 0 fully saturated rings. The molecule has 0 saturated heterocycles. The Morgan fingerprint density at radius 3 is 0.748 bits per heavy atom. The standard InChI is InChI=1S/C93H164O16P2/c1-4-7-10-13-16-19-22-25-27-29-31-33-35-37-39-40-41-42-43-44-45-46-48-50-51-53-55-57-59-62-64-67-70-73-76-79-91(96)103-82-88(94)83-105-110(99,100)106-84-89(95)85-107-111(101,102)108-87-90(109-93(98)81-78-75-72-69-66-61-24-21-18-15-12-9-6-3)86-104-92(97)80-77-74-71-68-65-63-60-58-56-54-52-49-47-38-36-34-32-30-28-26-23-20-17-14-11-8-5-2/h12,15-17,19-21,24-28,31-34,37-39,47,88-90,94-95H,4-11,13-14,18,22-23,29-30,35-36,40-46,48-87H2,1-3H3,(H,99,100)(H,101,102)/b15-12-,19-16-,20-17-,24-21-,27-25-,28-26-,33-31-,34-32-,39-37-,47-38-. The first-order valence-corrected chi connectivity index (χ1v) is 47.8. The molecular formula is C93H164O16P2. The largest absolute Gasteiger partial charge is 0.472 e. The normalized spacial score (nSPS) is 14.4. The van der Waals surface area contributed by atoms with E-state index in [4.69, 9.17) is 32.3 Å². The number of aliphatic hydroxyl groups is 2. The van der Waals surface area contributed by atoms with Gasteiger partial charge in [0.2, 0.25) is 0 Å². The highest BCUT2D eigenvalue weighted by Gasteiger charge is 2.29. The first-order valence-electron chi connectivity index (χ1n) is 44.8. The molecule has 0 aliphatic rings. The van der Waals surface area contributed by atoms with E-state index in [0.29, 0.717) is 19.3 Å². The smallest absolute Gasteiger partial charge is 0.463 e. The third-order valence-electron chi connectivity index (χ3n) is 19.1. The van der Waals surface area contributed by atoms with Crippen molar-refractivity contribution in [2.75, 3.05) is 39.6 Å². The van der Waals surface area contributed by atoms with Gasteiger partial charge in [-0.2, -0.15) is 0 Å². The minimum atomic E-state index is -4.94. The summed E-state index contributed by atoms with van der Waals surface area (Å²) in [5, 5.41) is 20.7. The molecule has 5 unspecified atom stereocenters. The van der Waals surface area contributed by atoms with Crippen molar-refractivity contribution in [3.05, 3.63) is 122 Å². The predicted octanol–water partition coefficient (Wildman–Crippen LogP) is 27.2. The number of unbranched alkanes of at least 4 members (excludes halogenated alkanes) is 42. The van der Waals surface area contributed by atoms with E-state index in [1.807, 2.05) is 0 Å². The second kappa shape index (κ2) is 85.3. The maximum Gasteiger partial charge on any atom is 0.472 e. The molecule has 0 rings (SSSR count). The Bertz CT molecular complexity index is 2500. The molecule has 0 aromatic carbocycles. The molecular weight excluding hydrogens is 1430 g/mol. The van der Waals surface area contributed by atoms with Gasteiger partial charge in [0.1, 0.15) is 25.4 Å². The molecule has 0 heterocycles. The van der Waals surface area contributed by atoms with Crippen molar-refractivity contribution in [3.8, 4) is 0 Å². The lowest BCUT2D eigenvalue weighted by Crippen LogP contribution is -2.30. The van der Waals surface area contributed by atoms with E-state index in [0.717, 1.165) is 141 Å². The second-order valence-electron chi connectivity index (χ2n) is 30.0. The molecule has 642 valence electrons. The number of carbonyl (C=O) groups excluding carboxylic acids is 3. The van der Waals surface area contributed by atoms with Crippen LogP contribution < -0.4 is 0 Å². The van der Waals surface area contributed by atoms with Gasteiger partial charge in [0.05, 0.1) is 26.4 Å². The second-order valence-corrected chi connectivity index (χ2v) is 32.9. The van der Waals surface area contributed by atoms with Crippen molar-refractivity contribution in [3.63, 3.8) is 0 Å². The van der Waals surface area contributed by atoms with Crippen LogP contribution in [0.25, 0.3) is 0 Å². The van der Waals surface area contributed by atoms with Crippen LogP contribution in [0, 0.1) is 0 Å². The van der Waals surface area contributed by atoms with Gasteiger partial charge in [0, 0.05) is 19.3 Å². The zero-order valence-electron chi connectivity index (χ0n) is 70.6. The molecule has 0 aromatic rings. The number of aliphatic hydroxyl groups excluding tert-OH is 2. The minimum Gasteiger partial charge on any atom is -0.463 e. The van der Waals surface area contributed by atoms with Crippen molar-refractivity contribution in [2.24, 2.45) is 0 Å². The number of phosphoric ester groups is 2. The highest BCUT2D eigenvalue weighted by Crippen LogP contribution is 2.45. The van der Waals surface area contributed by atoms with Crippen LogP contribution in [0.1, 0.15) is 393 Å². The Hall–Kier alpha value is -4.05. The van der Waals surface area contributed by atoms with Crippen molar-refractivity contribution in [1.29, 1.82) is 0 Å². The maximum atomic E-state index is 13.0. The van der Waals surface area contributed by atoms with Gasteiger partial charge in [-0.3, -0.25) is 32.5 Å². The molecule has 0 radical (unpaired) electrons. The lowest BCUT2D eigenvalue weighted by Gasteiger charge is -2.21. The van der Waals surface area contributed by atoms with Crippen molar-refractivity contribution < 1.29 is 75.8 Å². The summed E-state index contributed by atoms with van der Waals surface area (Å²) >= 11 is 0. The van der Waals surface area contributed by atoms with Gasteiger partial charge in [-0.1, -0.05) is 361 Å². The molecule has 0 aromatic heterocycles. The lowest BCUT2D eigenvalue weighted by molar-refractivity contribution is -0.161. The fourth-order valence-corrected chi connectivity index (χ4v) is 13.9. The summed E-state index contributed by atoms with van der Waals surface area (Å²) in [7, 11) is -9.80. The first-order chi connectivity index (χ1) is 54.2. The van der Waals surface area contributed by atoms with Crippen molar-refractivity contribution in [1.82, 2.24) is 0 Å². The van der Waals surface area contributed by atoms with E-state index in [9.17, 15) is 43.5 Å². The Morgan fingerprint density at radius 2 is 0.468 bits per heavy atom. The first kappa shape index (κ1) is 107. The van der Waals surface area contributed by atoms with E-state index < -0.39 is 91.5 Å². The molecule has 0 bridgehead atoms. The number of allylic oxidation sites excluding steroid dienone is 20. The Balaban J connectivity index is 4.38. The van der Waals surface area contributed by atoms with Crippen LogP contribution in [0.15, 0.2) is 122 Å². The van der Waals surface area contributed by atoms with Crippen LogP contribution in [-0.4, -0.2) is 95.9 Å². The van der Waals surface area contributed by atoms with Gasteiger partial charge < -0.3 is 34.2 Å². The summed E-state index contributed by atoms with van der Waals surface area (Å²) in [5.74, 6) is -1.58. The van der Waals surface area contributed by atoms with Gasteiger partial charge in [-0.25, -0.2) is 9.13 Å². The van der Waals surface area contributed by atoms with E-state index in [1.54, 1.807) is 0 Å². The summed E-state index contributed by atoms with van der Waals surface area (Å²) in [4.78, 5) is 58.8. The third kappa shape index (κ3) is 86.6. The summed E-state index contributed by atoms with van der Waals surface area (Å²) in [6, 6.07) is 0. The van der Waals surface area contributed by atoms with Crippen LogP contribution in [0.4, 0.5) is 0 Å². The molecule has 0 amide bonds. The van der Waals surface area contributed by atoms with Crippen LogP contribution in [-0.2, 0) is 55.8 Å². The summed E-state index contributed by atoms with van der Waals surface area (Å²) in [5.41, 5.74) is 0. The SMILES string of the molecule is CCC/C=C\C/C=C\CCCCCCCC(=O)OC(COC(=O)CCCCCCCCCCCCC/C=C\C/C=C\C/C=C\C/C=C\CCCCC)COP(=O)(O)OCC(O)COP(=O)(O)OCC(O)COC(=O)CCCCCCCCCCCCCCCCCCCCC/C=C\C/C=C\C/C=C\C/C=C\CCCCC. The van der Waals surface area contributed by atoms with Crippen molar-refractivity contribution in [2.45, 2.75) is 411 Å². The Labute approximate surface area is 678 Å². The molecule has 0 spiro atoms. The van der Waals surface area contributed by atoms with Crippen molar-refractivity contribution >= 4 is 33.6 Å². The van der Waals surface area contributed by atoms with Gasteiger partial charge in [-0.05, 0) is 135 Å². The fourth-order valence-electron chi connectivity index (χ4n) is 12.3. The Kier molecular flexibility index (Phi) is 82.2. The topological polar surface area (TPSA) is 231 Å². The Morgan fingerprint density at radius 1 is 0.252 bits per heavy atom. The summed E-state index contributed by atoms with van der Waals surface area (Å²) in [6.45, 7) is 2.59. The highest BCUT2D eigenvalue weighted by atomic mass is 31.2. The molecule has 0 saturated carbocycles. The van der Waals surface area contributed by atoms with Crippen LogP contribution >= 0.6 is 15.6 Å². The van der Waals surface area contributed by atoms with Gasteiger partial charge in [0.25, 0.3) is 0 Å². The monoisotopic (exact) mass is 1600 g/mol. The molecule has 5 atom stereocenters. The average molecular weight is 1600 g/mol. The summed E-state index contributed by atoms with van der Waals surface area (Å²) < 4.78 is 61.3. The number of rotatable bonds is 85. The maximum absolute atomic E-state index is 13.0. The molecule has 111 heavy (non-hydrogen) atoms. The highest BCUT2D eigenvalue weighted by molar-refractivity contribution is 7.47. The number of ether oxygens (including phenoxy) is 3.